The largest absolute Gasteiger partial charge is 0.472 e. The van der Waals surface area contributed by atoms with Crippen LogP contribution in [0.25, 0.3) is 0 Å². The van der Waals surface area contributed by atoms with Gasteiger partial charge >= 0.3 is 39.5 Å². The minimum absolute atomic E-state index is 0.104. The first-order chi connectivity index (χ1) is 43.1. The van der Waals surface area contributed by atoms with Crippen LogP contribution in [0.4, 0.5) is 0 Å². The summed E-state index contributed by atoms with van der Waals surface area (Å²) in [6.45, 7) is 14.1. The Balaban J connectivity index is 5.24. The quantitative estimate of drug-likeness (QED) is 0.0222. The fourth-order valence-electron chi connectivity index (χ4n) is 10.7. The molecule has 19 heteroatoms. The number of rotatable bonds is 68. The monoisotopic (exact) mass is 1320 g/mol. The van der Waals surface area contributed by atoms with Gasteiger partial charge in [-0.1, -0.05) is 299 Å². The lowest BCUT2D eigenvalue weighted by Crippen LogP contribution is -2.30. The third-order valence-corrected chi connectivity index (χ3v) is 18.2. The molecule has 0 aliphatic rings. The van der Waals surface area contributed by atoms with Crippen LogP contribution in [0.2, 0.25) is 0 Å². The van der Waals surface area contributed by atoms with Crippen LogP contribution < -0.4 is 0 Å². The number of ether oxygens (including phenoxy) is 4. The molecule has 0 aliphatic carbocycles. The Labute approximate surface area is 549 Å². The number of carbonyl (C=O) groups is 4. The second-order valence-electron chi connectivity index (χ2n) is 27.5. The second kappa shape index (κ2) is 60.7. The highest BCUT2D eigenvalue weighted by molar-refractivity contribution is 7.47. The SMILES string of the molecule is CC(C)CCCCCCCCCCCCCCC(=O)O[C@H](COC(=O)CCCCCCCCCC(C)C)COP(=O)(O)OCC(O)COP(=O)(O)OC[C@@H](COC(=O)CCCCCCCCCCCCCC(C)C)OC(=O)CCCCCCCCCCC(C)C. The van der Waals surface area contributed by atoms with Crippen molar-refractivity contribution in [2.24, 2.45) is 23.7 Å². The van der Waals surface area contributed by atoms with E-state index in [4.69, 9.17) is 37.0 Å². The molecule has 90 heavy (non-hydrogen) atoms. The molecule has 0 heterocycles. The molecule has 0 amide bonds. The summed E-state index contributed by atoms with van der Waals surface area (Å²) >= 11 is 0. The van der Waals surface area contributed by atoms with Gasteiger partial charge in [0.25, 0.3) is 0 Å². The van der Waals surface area contributed by atoms with E-state index in [0.717, 1.165) is 114 Å². The van der Waals surface area contributed by atoms with E-state index in [9.17, 15) is 43.2 Å². The number of hydrogen-bond acceptors (Lipinski definition) is 15. The van der Waals surface area contributed by atoms with Crippen LogP contribution in [-0.2, 0) is 65.4 Å². The van der Waals surface area contributed by atoms with E-state index < -0.39 is 97.5 Å². The Bertz CT molecular complexity index is 1750. The molecule has 0 aromatic heterocycles. The average Bonchev–Trinajstić information content (AvgIpc) is 3.63. The van der Waals surface area contributed by atoms with Gasteiger partial charge in [0.2, 0.25) is 0 Å². The topological polar surface area (TPSA) is 237 Å². The van der Waals surface area contributed by atoms with Gasteiger partial charge in [-0.2, -0.15) is 0 Å². The second-order valence-corrected chi connectivity index (χ2v) is 30.4. The van der Waals surface area contributed by atoms with Gasteiger partial charge in [-0.05, 0) is 49.4 Å². The van der Waals surface area contributed by atoms with Crippen molar-refractivity contribution in [1.29, 1.82) is 0 Å². The van der Waals surface area contributed by atoms with Crippen LogP contribution in [0.15, 0.2) is 0 Å². The Hall–Kier alpha value is -1.94. The zero-order valence-electron chi connectivity index (χ0n) is 58.8. The average molecular weight is 1330 g/mol. The van der Waals surface area contributed by atoms with Gasteiger partial charge in [0.1, 0.15) is 19.3 Å². The van der Waals surface area contributed by atoms with Crippen LogP contribution in [0.5, 0.6) is 0 Å². The summed E-state index contributed by atoms with van der Waals surface area (Å²) in [7, 11) is -9.90. The number of hydrogen-bond donors (Lipinski definition) is 3. The summed E-state index contributed by atoms with van der Waals surface area (Å²) in [5.74, 6) is 0.842. The molecule has 5 atom stereocenters. The molecule has 0 aliphatic heterocycles. The van der Waals surface area contributed by atoms with Gasteiger partial charge in [0.05, 0.1) is 26.4 Å². The predicted octanol–water partition coefficient (Wildman–Crippen LogP) is 20.1. The highest BCUT2D eigenvalue weighted by Crippen LogP contribution is 2.45. The molecular weight excluding hydrogens is 1190 g/mol. The summed E-state index contributed by atoms with van der Waals surface area (Å²) in [4.78, 5) is 72.6. The standard InChI is InChI=1S/C71H138O17P2/c1-61(2)47-39-31-23-16-12-9-10-14-19-28-37-45-53-70(75)87-67(58-82-69(74)52-44-36-30-22-26-34-42-50-64(7)8)60-86-90(79,80)84-56-65(72)55-83-89(77,78)85-59-66(88-71(76)54-46-38-29-21-20-25-33-41-49-63(5)6)57-81-68(73)51-43-35-27-18-15-11-13-17-24-32-40-48-62(3)4/h61-67,72H,9-60H2,1-8H3,(H,77,78)(H,79,80)/t65?,66-,67-/m1/s1. The molecule has 0 saturated heterocycles. The molecule has 0 spiro atoms. The smallest absolute Gasteiger partial charge is 0.462 e. The number of esters is 4. The van der Waals surface area contributed by atoms with Crippen molar-refractivity contribution in [1.82, 2.24) is 0 Å². The summed E-state index contributed by atoms with van der Waals surface area (Å²) in [6.07, 6.45) is 43.1. The molecule has 0 bridgehead atoms. The number of phosphoric acid groups is 2. The van der Waals surface area contributed by atoms with Gasteiger partial charge in [-0.25, -0.2) is 9.13 Å². The van der Waals surface area contributed by atoms with E-state index in [1.807, 2.05) is 0 Å². The first-order valence-corrected chi connectivity index (χ1v) is 39.7. The number of aliphatic hydroxyl groups is 1. The Kier molecular flexibility index (Phi) is 59.4. The first-order valence-electron chi connectivity index (χ1n) is 36.7. The summed E-state index contributed by atoms with van der Waals surface area (Å²) in [5.41, 5.74) is 0. The van der Waals surface area contributed by atoms with Crippen LogP contribution in [0, 0.1) is 23.7 Å². The maximum Gasteiger partial charge on any atom is 0.472 e. The maximum atomic E-state index is 13.0. The van der Waals surface area contributed by atoms with Gasteiger partial charge in [0, 0.05) is 25.7 Å². The predicted molar refractivity (Wildman–Crippen MR) is 363 cm³/mol. The highest BCUT2D eigenvalue weighted by Gasteiger charge is 2.30. The van der Waals surface area contributed by atoms with E-state index in [-0.39, 0.29) is 25.7 Å². The highest BCUT2D eigenvalue weighted by atomic mass is 31.2. The number of carbonyl (C=O) groups excluding carboxylic acids is 4. The number of unbranched alkanes of at least 4 members (excludes halogenated alkanes) is 34. The number of phosphoric ester groups is 2. The summed E-state index contributed by atoms with van der Waals surface area (Å²) < 4.78 is 68.3. The van der Waals surface area contributed by atoms with E-state index in [1.165, 1.54) is 148 Å². The Morgan fingerprint density at radius 2 is 0.467 bits per heavy atom. The fraction of sp³-hybridized carbons (Fsp3) is 0.944. The lowest BCUT2D eigenvalue weighted by Gasteiger charge is -2.21. The van der Waals surface area contributed by atoms with Crippen LogP contribution in [-0.4, -0.2) is 96.7 Å². The zero-order chi connectivity index (χ0) is 66.8. The molecule has 0 aromatic rings. The van der Waals surface area contributed by atoms with Gasteiger partial charge in [-0.3, -0.25) is 37.3 Å². The maximum absolute atomic E-state index is 13.0. The normalized spacial score (nSPS) is 14.3. The summed E-state index contributed by atoms with van der Waals surface area (Å²) in [6, 6.07) is 0. The third-order valence-electron chi connectivity index (χ3n) is 16.3. The minimum Gasteiger partial charge on any atom is -0.462 e. The van der Waals surface area contributed by atoms with Crippen molar-refractivity contribution < 1.29 is 80.2 Å². The summed E-state index contributed by atoms with van der Waals surface area (Å²) in [5, 5.41) is 10.6. The lowest BCUT2D eigenvalue weighted by atomic mass is 10.0. The molecule has 0 fully saturated rings. The van der Waals surface area contributed by atoms with Crippen molar-refractivity contribution in [2.75, 3.05) is 39.6 Å². The molecule has 17 nitrogen and oxygen atoms in total. The van der Waals surface area contributed by atoms with Crippen LogP contribution in [0.1, 0.15) is 351 Å². The molecule has 534 valence electrons. The van der Waals surface area contributed by atoms with Crippen molar-refractivity contribution in [2.45, 2.75) is 369 Å². The molecule has 0 aromatic carbocycles. The first kappa shape index (κ1) is 88.1. The van der Waals surface area contributed by atoms with E-state index in [2.05, 4.69) is 55.4 Å². The molecule has 0 rings (SSSR count). The molecule has 3 N–H and O–H groups in total. The minimum atomic E-state index is -4.95. The van der Waals surface area contributed by atoms with Gasteiger partial charge in [-0.15, -0.1) is 0 Å². The van der Waals surface area contributed by atoms with E-state index >= 15 is 0 Å². The zero-order valence-corrected chi connectivity index (χ0v) is 60.6. The van der Waals surface area contributed by atoms with Crippen LogP contribution in [0.3, 0.4) is 0 Å². The molecule has 0 radical (unpaired) electrons. The van der Waals surface area contributed by atoms with Crippen molar-refractivity contribution >= 4 is 39.5 Å². The van der Waals surface area contributed by atoms with Crippen molar-refractivity contribution in [3.8, 4) is 0 Å². The fourth-order valence-corrected chi connectivity index (χ4v) is 12.2. The van der Waals surface area contributed by atoms with Crippen molar-refractivity contribution in [3.05, 3.63) is 0 Å². The molecule has 3 unspecified atom stereocenters. The van der Waals surface area contributed by atoms with E-state index in [0.29, 0.717) is 31.6 Å². The van der Waals surface area contributed by atoms with Crippen LogP contribution >= 0.6 is 15.6 Å². The van der Waals surface area contributed by atoms with Crippen molar-refractivity contribution in [3.63, 3.8) is 0 Å². The Morgan fingerprint density at radius 3 is 0.689 bits per heavy atom. The Morgan fingerprint density at radius 1 is 0.278 bits per heavy atom. The molecule has 0 saturated carbocycles. The third kappa shape index (κ3) is 64.8. The van der Waals surface area contributed by atoms with Gasteiger partial charge < -0.3 is 33.8 Å². The van der Waals surface area contributed by atoms with Gasteiger partial charge in [0.15, 0.2) is 12.2 Å². The van der Waals surface area contributed by atoms with E-state index in [1.54, 1.807) is 0 Å². The number of aliphatic hydroxyl groups excluding tert-OH is 1. The lowest BCUT2D eigenvalue weighted by molar-refractivity contribution is -0.161. The molecular formula is C71H138O17P2.